The van der Waals surface area contributed by atoms with E-state index in [2.05, 4.69) is 21.2 Å². The van der Waals surface area contributed by atoms with E-state index in [0.29, 0.717) is 18.9 Å². The average Bonchev–Trinajstić information content (AvgIpc) is 3.23. The van der Waals surface area contributed by atoms with Crippen LogP contribution < -0.4 is 10.2 Å². The van der Waals surface area contributed by atoms with Gasteiger partial charge in [0.25, 0.3) is 0 Å². The van der Waals surface area contributed by atoms with Gasteiger partial charge in [0.1, 0.15) is 6.04 Å². The number of carbonyl (C=O) groups excluding carboxylic acids is 2. The van der Waals surface area contributed by atoms with Gasteiger partial charge in [-0.15, -0.1) is 0 Å². The Kier molecular flexibility index (Phi) is 3.54. The Hall–Kier alpha value is -1.36. The second kappa shape index (κ2) is 5.20. The second-order valence-corrected chi connectivity index (χ2v) is 6.41. The smallest absolute Gasteiger partial charge is 0.249 e. The Labute approximate surface area is 126 Å². The van der Waals surface area contributed by atoms with Gasteiger partial charge in [-0.3, -0.25) is 9.59 Å². The van der Waals surface area contributed by atoms with Gasteiger partial charge in [-0.1, -0.05) is 22.0 Å². The van der Waals surface area contributed by atoms with Gasteiger partial charge in [0, 0.05) is 23.1 Å². The summed E-state index contributed by atoms with van der Waals surface area (Å²) in [4.78, 5) is 26.2. The Morgan fingerprint density at radius 3 is 2.70 bits per heavy atom. The van der Waals surface area contributed by atoms with Crippen molar-refractivity contribution >= 4 is 33.4 Å². The van der Waals surface area contributed by atoms with Crippen molar-refractivity contribution < 1.29 is 9.59 Å². The molecule has 1 unspecified atom stereocenters. The van der Waals surface area contributed by atoms with E-state index in [1.54, 1.807) is 4.90 Å². The van der Waals surface area contributed by atoms with Gasteiger partial charge in [0.05, 0.1) is 0 Å². The SMILES string of the molecule is Cc1ccc(N2CCC(=O)NC(C3CC3)C2=O)cc1Br. The number of hydrogen-bond acceptors (Lipinski definition) is 2. The number of aryl methyl sites for hydroxylation is 1. The molecule has 4 nitrogen and oxygen atoms in total. The molecule has 1 aromatic carbocycles. The Balaban J connectivity index is 1.91. The molecule has 106 valence electrons. The van der Waals surface area contributed by atoms with Crippen molar-refractivity contribution in [1.82, 2.24) is 5.32 Å². The molecule has 1 atom stereocenters. The second-order valence-electron chi connectivity index (χ2n) is 5.56. The Bertz CT molecular complexity index is 569. The van der Waals surface area contributed by atoms with Gasteiger partial charge in [0.2, 0.25) is 11.8 Å². The molecule has 1 aliphatic carbocycles. The van der Waals surface area contributed by atoms with Crippen molar-refractivity contribution in [3.63, 3.8) is 0 Å². The molecule has 5 heteroatoms. The maximum absolute atomic E-state index is 12.7. The van der Waals surface area contributed by atoms with Crippen LogP contribution in [0.1, 0.15) is 24.8 Å². The zero-order valence-corrected chi connectivity index (χ0v) is 12.9. The third kappa shape index (κ3) is 2.59. The maximum Gasteiger partial charge on any atom is 0.249 e. The van der Waals surface area contributed by atoms with Gasteiger partial charge < -0.3 is 10.2 Å². The van der Waals surface area contributed by atoms with Crippen molar-refractivity contribution in [2.24, 2.45) is 5.92 Å². The lowest BCUT2D eigenvalue weighted by Crippen LogP contribution is -2.46. The highest BCUT2D eigenvalue weighted by Gasteiger charge is 2.41. The minimum atomic E-state index is -0.343. The molecule has 2 aliphatic rings. The van der Waals surface area contributed by atoms with E-state index in [4.69, 9.17) is 0 Å². The normalized spacial score (nSPS) is 23.5. The van der Waals surface area contributed by atoms with Gasteiger partial charge in [-0.2, -0.15) is 0 Å². The zero-order valence-electron chi connectivity index (χ0n) is 11.4. The summed E-state index contributed by atoms with van der Waals surface area (Å²) >= 11 is 3.50. The topological polar surface area (TPSA) is 49.4 Å². The van der Waals surface area contributed by atoms with Crippen molar-refractivity contribution in [3.8, 4) is 0 Å². The van der Waals surface area contributed by atoms with Gasteiger partial charge in [0.15, 0.2) is 0 Å². The van der Waals surface area contributed by atoms with Crippen LogP contribution in [0.25, 0.3) is 0 Å². The predicted molar refractivity (Wildman–Crippen MR) is 80.5 cm³/mol. The van der Waals surface area contributed by atoms with Crippen LogP contribution in [0, 0.1) is 12.8 Å². The third-order valence-corrected chi connectivity index (χ3v) is 4.83. The molecule has 2 amide bonds. The number of benzene rings is 1. The number of halogens is 1. The summed E-state index contributed by atoms with van der Waals surface area (Å²) in [6, 6.07) is 5.54. The van der Waals surface area contributed by atoms with E-state index in [1.807, 2.05) is 25.1 Å². The van der Waals surface area contributed by atoms with E-state index in [9.17, 15) is 9.59 Å². The summed E-state index contributed by atoms with van der Waals surface area (Å²) in [5.41, 5.74) is 1.98. The van der Waals surface area contributed by atoms with E-state index in [0.717, 1.165) is 28.6 Å². The van der Waals surface area contributed by atoms with Crippen LogP contribution in [0.4, 0.5) is 5.69 Å². The van der Waals surface area contributed by atoms with Crippen molar-refractivity contribution in [3.05, 3.63) is 28.2 Å². The number of nitrogens with one attached hydrogen (secondary N) is 1. The summed E-state index contributed by atoms with van der Waals surface area (Å²) in [6.07, 6.45) is 2.42. The summed E-state index contributed by atoms with van der Waals surface area (Å²) in [5.74, 6) is 0.318. The fourth-order valence-corrected chi connectivity index (χ4v) is 2.92. The summed E-state index contributed by atoms with van der Waals surface area (Å²) < 4.78 is 0.981. The zero-order chi connectivity index (χ0) is 14.3. The Morgan fingerprint density at radius 2 is 2.05 bits per heavy atom. The molecule has 0 spiro atoms. The summed E-state index contributed by atoms with van der Waals surface area (Å²) in [7, 11) is 0. The van der Waals surface area contributed by atoms with E-state index >= 15 is 0 Å². The first kappa shape index (κ1) is 13.6. The van der Waals surface area contributed by atoms with E-state index < -0.39 is 0 Å². The monoisotopic (exact) mass is 336 g/mol. The minimum Gasteiger partial charge on any atom is -0.344 e. The summed E-state index contributed by atoms with van der Waals surface area (Å²) in [5, 5.41) is 2.87. The fraction of sp³-hybridized carbons (Fsp3) is 0.467. The highest BCUT2D eigenvalue weighted by atomic mass is 79.9. The van der Waals surface area contributed by atoms with Crippen molar-refractivity contribution in [1.29, 1.82) is 0 Å². The first-order valence-electron chi connectivity index (χ1n) is 6.93. The minimum absolute atomic E-state index is 0.0223. The lowest BCUT2D eigenvalue weighted by molar-refractivity contribution is -0.126. The van der Waals surface area contributed by atoms with Crippen LogP contribution in [-0.4, -0.2) is 24.4 Å². The molecule has 1 aliphatic heterocycles. The molecule has 1 heterocycles. The number of anilines is 1. The average molecular weight is 337 g/mol. The number of amides is 2. The standard InChI is InChI=1S/C15H17BrN2O2/c1-9-2-5-11(8-12(9)16)18-7-6-13(19)17-14(15(18)20)10-3-4-10/h2,5,8,10,14H,3-4,6-7H2,1H3,(H,17,19). The number of carbonyl (C=O) groups is 2. The lowest BCUT2D eigenvalue weighted by atomic mass is 10.1. The van der Waals surface area contributed by atoms with Crippen molar-refractivity contribution in [2.45, 2.75) is 32.2 Å². The molecule has 0 radical (unpaired) electrons. The van der Waals surface area contributed by atoms with Gasteiger partial charge in [-0.05, 0) is 43.4 Å². The molecular weight excluding hydrogens is 320 g/mol. The van der Waals surface area contributed by atoms with Gasteiger partial charge >= 0.3 is 0 Å². The first-order chi connectivity index (χ1) is 9.56. The number of nitrogens with zero attached hydrogens (tertiary/aromatic N) is 1. The predicted octanol–water partition coefficient (Wildman–Crippen LogP) is 2.39. The molecule has 3 rings (SSSR count). The fourth-order valence-electron chi connectivity index (χ4n) is 2.55. The van der Waals surface area contributed by atoms with Crippen LogP contribution in [-0.2, 0) is 9.59 Å². The third-order valence-electron chi connectivity index (χ3n) is 3.97. The molecule has 1 saturated carbocycles. The molecule has 1 aromatic rings. The molecule has 1 saturated heterocycles. The van der Waals surface area contributed by atoms with Crippen LogP contribution in [0.5, 0.6) is 0 Å². The largest absolute Gasteiger partial charge is 0.344 e. The van der Waals surface area contributed by atoms with Gasteiger partial charge in [-0.25, -0.2) is 0 Å². The molecule has 2 fully saturated rings. The Morgan fingerprint density at radius 1 is 1.30 bits per heavy atom. The van der Waals surface area contributed by atoms with Crippen LogP contribution >= 0.6 is 15.9 Å². The molecule has 0 bridgehead atoms. The number of rotatable bonds is 2. The molecule has 20 heavy (non-hydrogen) atoms. The quantitative estimate of drug-likeness (QED) is 0.901. The molecular formula is C15H17BrN2O2. The highest BCUT2D eigenvalue weighted by Crippen LogP contribution is 2.35. The molecule has 0 aromatic heterocycles. The first-order valence-corrected chi connectivity index (χ1v) is 7.72. The lowest BCUT2D eigenvalue weighted by Gasteiger charge is -2.24. The van der Waals surface area contributed by atoms with Crippen LogP contribution in [0.3, 0.4) is 0 Å². The van der Waals surface area contributed by atoms with E-state index in [1.165, 1.54) is 0 Å². The van der Waals surface area contributed by atoms with Crippen LogP contribution in [0.15, 0.2) is 22.7 Å². The van der Waals surface area contributed by atoms with Crippen molar-refractivity contribution in [2.75, 3.05) is 11.4 Å². The van der Waals surface area contributed by atoms with E-state index in [-0.39, 0.29) is 17.9 Å². The highest BCUT2D eigenvalue weighted by molar-refractivity contribution is 9.10. The number of hydrogen-bond donors (Lipinski definition) is 1. The maximum atomic E-state index is 12.7. The van der Waals surface area contributed by atoms with Crippen LogP contribution in [0.2, 0.25) is 0 Å². The molecule has 1 N–H and O–H groups in total. The summed E-state index contributed by atoms with van der Waals surface area (Å²) in [6.45, 7) is 2.46.